The van der Waals surface area contributed by atoms with Gasteiger partial charge in [-0.25, -0.2) is 4.79 Å². The zero-order valence-corrected chi connectivity index (χ0v) is 10.6. The van der Waals surface area contributed by atoms with Crippen molar-refractivity contribution in [3.63, 3.8) is 0 Å². The molecule has 21 heavy (non-hydrogen) atoms. The molecule has 0 saturated carbocycles. The highest BCUT2D eigenvalue weighted by Gasteiger charge is 2.36. The number of halogens is 3. The Kier molecular flexibility index (Phi) is 6.42. The number of carbonyl (C=O) groups is 4. The van der Waals surface area contributed by atoms with Gasteiger partial charge >= 0.3 is 18.2 Å². The molecule has 0 radical (unpaired) electrons. The van der Waals surface area contributed by atoms with Crippen LogP contribution in [0.1, 0.15) is 0 Å². The van der Waals surface area contributed by atoms with E-state index < -0.39 is 56.2 Å². The fourth-order valence-corrected chi connectivity index (χ4v) is 1.34. The predicted molar refractivity (Wildman–Crippen MR) is 60.6 cm³/mol. The van der Waals surface area contributed by atoms with Gasteiger partial charge in [0.25, 0.3) is 0 Å². The summed E-state index contributed by atoms with van der Waals surface area (Å²) in [6.45, 7) is -4.90. The van der Waals surface area contributed by atoms with E-state index in [1.54, 1.807) is 0 Å². The molecule has 0 aliphatic rings. The van der Waals surface area contributed by atoms with Crippen molar-refractivity contribution in [2.45, 2.75) is 6.18 Å². The van der Waals surface area contributed by atoms with Crippen LogP contribution >= 0.6 is 0 Å². The molecule has 9 nitrogen and oxygen atoms in total. The van der Waals surface area contributed by atoms with Crippen molar-refractivity contribution < 1.29 is 37.5 Å². The maximum absolute atomic E-state index is 12.3. The molecule has 0 aromatic carbocycles. The van der Waals surface area contributed by atoms with Gasteiger partial charge in [-0.1, -0.05) is 0 Å². The van der Waals surface area contributed by atoms with Crippen LogP contribution in [0.2, 0.25) is 0 Å². The van der Waals surface area contributed by atoms with Crippen molar-refractivity contribution in [1.29, 1.82) is 0 Å². The zero-order valence-electron chi connectivity index (χ0n) is 10.6. The van der Waals surface area contributed by atoms with Gasteiger partial charge in [-0.2, -0.15) is 13.2 Å². The highest BCUT2D eigenvalue weighted by molar-refractivity contribution is 5.88. The molecule has 12 heteroatoms. The van der Waals surface area contributed by atoms with E-state index >= 15 is 0 Å². The van der Waals surface area contributed by atoms with Crippen molar-refractivity contribution in [2.75, 3.05) is 26.2 Å². The van der Waals surface area contributed by atoms with Gasteiger partial charge in [-0.3, -0.25) is 14.4 Å². The molecule has 0 atom stereocenters. The largest absolute Gasteiger partial charge is 0.480 e. The molecule has 0 aromatic heterocycles. The van der Waals surface area contributed by atoms with Crippen LogP contribution < -0.4 is 11.5 Å². The topological polar surface area (TPSA) is 147 Å². The number of carboxylic acid groups (broad SMARTS) is 1. The van der Waals surface area contributed by atoms with E-state index in [1.165, 1.54) is 0 Å². The Morgan fingerprint density at radius 1 is 0.905 bits per heavy atom. The van der Waals surface area contributed by atoms with Crippen molar-refractivity contribution >= 4 is 23.8 Å². The third kappa shape index (κ3) is 8.28. The average molecular weight is 314 g/mol. The molecule has 0 bridgehead atoms. The van der Waals surface area contributed by atoms with E-state index in [2.05, 4.69) is 0 Å². The lowest BCUT2D eigenvalue weighted by molar-refractivity contribution is -0.149. The van der Waals surface area contributed by atoms with Crippen LogP contribution in [0.4, 0.5) is 18.0 Å². The molecule has 0 rings (SSSR count). The molecule has 0 spiro atoms. The SMILES string of the molecule is NC(=O)CN(CC(N)=O)C(=O)N(CC(=O)O)CC(F)(F)F. The fraction of sp³-hybridized carbons (Fsp3) is 0.556. The first kappa shape index (κ1) is 18.5. The third-order valence-electron chi connectivity index (χ3n) is 1.93. The van der Waals surface area contributed by atoms with Crippen molar-refractivity contribution in [2.24, 2.45) is 11.5 Å². The number of urea groups is 1. The number of hydrogen-bond acceptors (Lipinski definition) is 4. The van der Waals surface area contributed by atoms with Crippen LogP contribution in [0.25, 0.3) is 0 Å². The van der Waals surface area contributed by atoms with Crippen LogP contribution in [-0.4, -0.2) is 71.1 Å². The second kappa shape index (κ2) is 7.31. The summed E-state index contributed by atoms with van der Waals surface area (Å²) >= 11 is 0. The number of hydrogen-bond donors (Lipinski definition) is 3. The summed E-state index contributed by atoms with van der Waals surface area (Å²) in [5.74, 6) is -3.91. The first-order valence-electron chi connectivity index (χ1n) is 5.31. The van der Waals surface area contributed by atoms with Crippen LogP contribution in [0.15, 0.2) is 0 Å². The fourth-order valence-electron chi connectivity index (χ4n) is 1.34. The molecule has 0 saturated heterocycles. The van der Waals surface area contributed by atoms with Gasteiger partial charge < -0.3 is 26.4 Å². The average Bonchev–Trinajstić information content (AvgIpc) is 2.22. The Morgan fingerprint density at radius 2 is 1.33 bits per heavy atom. The lowest BCUT2D eigenvalue weighted by atomic mass is 10.4. The molecular weight excluding hydrogens is 301 g/mol. The van der Waals surface area contributed by atoms with E-state index in [0.29, 0.717) is 4.90 Å². The zero-order chi connectivity index (χ0) is 16.8. The minimum atomic E-state index is -4.86. The monoisotopic (exact) mass is 314 g/mol. The number of carbonyl (C=O) groups excluding carboxylic acids is 3. The molecule has 120 valence electrons. The number of carboxylic acids is 1. The van der Waals surface area contributed by atoms with E-state index in [4.69, 9.17) is 16.6 Å². The van der Waals surface area contributed by atoms with E-state index in [0.717, 1.165) is 0 Å². The summed E-state index contributed by atoms with van der Waals surface area (Å²) in [5.41, 5.74) is 9.59. The second-order valence-electron chi connectivity index (χ2n) is 3.94. The number of amides is 4. The van der Waals surface area contributed by atoms with Gasteiger partial charge in [0.1, 0.15) is 26.2 Å². The van der Waals surface area contributed by atoms with E-state index in [9.17, 15) is 32.3 Å². The van der Waals surface area contributed by atoms with Gasteiger partial charge in [0.15, 0.2) is 0 Å². The van der Waals surface area contributed by atoms with E-state index in [1.807, 2.05) is 0 Å². The maximum Gasteiger partial charge on any atom is 0.406 e. The van der Waals surface area contributed by atoms with E-state index in [-0.39, 0.29) is 4.90 Å². The number of rotatable bonds is 7. The van der Waals surface area contributed by atoms with Crippen LogP contribution in [0.3, 0.4) is 0 Å². The van der Waals surface area contributed by atoms with Gasteiger partial charge in [-0.05, 0) is 0 Å². The number of nitrogens with two attached hydrogens (primary N) is 2. The maximum atomic E-state index is 12.3. The summed E-state index contributed by atoms with van der Waals surface area (Å²) in [6.07, 6.45) is -4.86. The molecule has 0 heterocycles. The number of nitrogens with zero attached hydrogens (tertiary/aromatic N) is 2. The van der Waals surface area contributed by atoms with Crippen molar-refractivity contribution in [1.82, 2.24) is 9.80 Å². The first-order chi connectivity index (χ1) is 9.42. The Labute approximate surface area is 116 Å². The molecule has 4 amide bonds. The number of alkyl halides is 3. The third-order valence-corrected chi connectivity index (χ3v) is 1.93. The van der Waals surface area contributed by atoms with Gasteiger partial charge in [0.2, 0.25) is 11.8 Å². The summed E-state index contributed by atoms with van der Waals surface area (Å²) < 4.78 is 36.9. The molecule has 0 aliphatic carbocycles. The molecule has 0 aromatic rings. The Balaban J connectivity index is 5.20. The van der Waals surface area contributed by atoms with Crippen molar-refractivity contribution in [3.05, 3.63) is 0 Å². The Bertz CT molecular complexity index is 424. The van der Waals surface area contributed by atoms with Crippen LogP contribution in [-0.2, 0) is 14.4 Å². The highest BCUT2D eigenvalue weighted by Crippen LogP contribution is 2.17. The van der Waals surface area contributed by atoms with Gasteiger partial charge in [0.05, 0.1) is 0 Å². The molecular formula is C9H13F3N4O5. The van der Waals surface area contributed by atoms with Crippen molar-refractivity contribution in [3.8, 4) is 0 Å². The molecule has 5 N–H and O–H groups in total. The van der Waals surface area contributed by atoms with Gasteiger partial charge in [-0.15, -0.1) is 0 Å². The Hall–Kier alpha value is -2.53. The Morgan fingerprint density at radius 3 is 1.62 bits per heavy atom. The number of primary amides is 2. The molecule has 0 aliphatic heterocycles. The predicted octanol–water partition coefficient (Wildman–Crippen LogP) is -1.67. The summed E-state index contributed by atoms with van der Waals surface area (Å²) in [4.78, 5) is 44.0. The summed E-state index contributed by atoms with van der Waals surface area (Å²) in [6, 6.07) is -1.49. The summed E-state index contributed by atoms with van der Waals surface area (Å²) in [7, 11) is 0. The lowest BCUT2D eigenvalue weighted by Gasteiger charge is -2.28. The normalized spacial score (nSPS) is 10.8. The highest BCUT2D eigenvalue weighted by atomic mass is 19.4. The summed E-state index contributed by atoms with van der Waals surface area (Å²) in [5, 5.41) is 8.51. The molecule has 0 fully saturated rings. The van der Waals surface area contributed by atoms with Gasteiger partial charge in [0, 0.05) is 0 Å². The molecule has 0 unspecified atom stereocenters. The van der Waals surface area contributed by atoms with Crippen LogP contribution in [0, 0.1) is 0 Å². The van der Waals surface area contributed by atoms with Crippen LogP contribution in [0.5, 0.6) is 0 Å². The second-order valence-corrected chi connectivity index (χ2v) is 3.94. The lowest BCUT2D eigenvalue weighted by Crippen LogP contribution is -2.52. The number of aliphatic carboxylic acids is 1. The minimum Gasteiger partial charge on any atom is -0.480 e. The standard InChI is InChI=1S/C9H13F3N4O5/c10-9(11,12)4-16(3-7(19)20)8(21)15(1-5(13)17)2-6(14)18/h1-4H2,(H2,13,17)(H2,14,18)(H,19,20). The smallest absolute Gasteiger partial charge is 0.406 e. The minimum absolute atomic E-state index is 0.0891. The first-order valence-corrected chi connectivity index (χ1v) is 5.31. The quantitative estimate of drug-likeness (QED) is 0.514.